The lowest BCUT2D eigenvalue weighted by Gasteiger charge is -2.08. The molecule has 21 heavy (non-hydrogen) atoms. The Bertz CT molecular complexity index is 792. The standard InChI is InChI=1S/C14H13N5OS/c1-8-7-15-13(16-8)10-5-3-4-6-11(10)17-14(20)12-9(2)18-19-21-12/h3-7H,1-2H3,(H,15,16)(H,17,20). The van der Waals surface area contributed by atoms with Gasteiger partial charge in [-0.05, 0) is 37.5 Å². The van der Waals surface area contributed by atoms with Gasteiger partial charge in [0.05, 0.1) is 11.4 Å². The summed E-state index contributed by atoms with van der Waals surface area (Å²) in [6.45, 7) is 3.70. The van der Waals surface area contributed by atoms with E-state index in [4.69, 9.17) is 0 Å². The van der Waals surface area contributed by atoms with Gasteiger partial charge in [0.1, 0.15) is 10.7 Å². The molecule has 0 saturated carbocycles. The number of carbonyl (C=O) groups is 1. The fraction of sp³-hybridized carbons (Fsp3) is 0.143. The lowest BCUT2D eigenvalue weighted by molar-refractivity contribution is 0.103. The Hall–Kier alpha value is -2.54. The smallest absolute Gasteiger partial charge is 0.269 e. The summed E-state index contributed by atoms with van der Waals surface area (Å²) in [5, 5.41) is 6.75. The molecule has 0 fully saturated rings. The normalized spacial score (nSPS) is 10.6. The number of aromatic amines is 1. The molecule has 1 amide bonds. The van der Waals surface area contributed by atoms with Gasteiger partial charge < -0.3 is 10.3 Å². The van der Waals surface area contributed by atoms with Crippen LogP contribution >= 0.6 is 11.5 Å². The summed E-state index contributed by atoms with van der Waals surface area (Å²) in [4.78, 5) is 20.3. The third kappa shape index (κ3) is 2.68. The van der Waals surface area contributed by atoms with E-state index in [-0.39, 0.29) is 5.91 Å². The molecule has 3 rings (SSSR count). The maximum Gasteiger partial charge on any atom is 0.269 e. The highest BCUT2D eigenvalue weighted by Gasteiger charge is 2.16. The molecule has 0 bridgehead atoms. The molecule has 0 radical (unpaired) electrons. The number of anilines is 1. The van der Waals surface area contributed by atoms with Crippen molar-refractivity contribution in [2.75, 3.05) is 5.32 Å². The van der Waals surface area contributed by atoms with Gasteiger partial charge >= 0.3 is 0 Å². The third-order valence-corrected chi connectivity index (χ3v) is 3.82. The van der Waals surface area contributed by atoms with E-state index < -0.39 is 0 Å². The van der Waals surface area contributed by atoms with Crippen LogP contribution in [0.5, 0.6) is 0 Å². The van der Waals surface area contributed by atoms with Gasteiger partial charge in [-0.1, -0.05) is 16.6 Å². The molecule has 6 nitrogen and oxygen atoms in total. The van der Waals surface area contributed by atoms with E-state index in [2.05, 4.69) is 24.9 Å². The second kappa shape index (κ2) is 5.45. The summed E-state index contributed by atoms with van der Waals surface area (Å²) in [5.41, 5.74) is 3.14. The van der Waals surface area contributed by atoms with E-state index in [9.17, 15) is 4.79 Å². The highest BCUT2D eigenvalue weighted by atomic mass is 32.1. The topological polar surface area (TPSA) is 83.6 Å². The number of amides is 1. The van der Waals surface area contributed by atoms with Crippen molar-refractivity contribution < 1.29 is 4.79 Å². The second-order valence-electron chi connectivity index (χ2n) is 4.60. The molecule has 0 unspecified atom stereocenters. The molecule has 0 saturated heterocycles. The number of aryl methyl sites for hydroxylation is 2. The first-order valence-corrected chi connectivity index (χ1v) is 7.14. The molecule has 7 heteroatoms. The molecule has 0 atom stereocenters. The van der Waals surface area contributed by atoms with Crippen LogP contribution in [0.2, 0.25) is 0 Å². The van der Waals surface area contributed by atoms with Crippen LogP contribution in [-0.2, 0) is 0 Å². The zero-order valence-corrected chi connectivity index (χ0v) is 12.4. The highest BCUT2D eigenvalue weighted by molar-refractivity contribution is 7.08. The van der Waals surface area contributed by atoms with Crippen LogP contribution in [0, 0.1) is 13.8 Å². The number of imidazole rings is 1. The highest BCUT2D eigenvalue weighted by Crippen LogP contribution is 2.26. The largest absolute Gasteiger partial charge is 0.342 e. The Morgan fingerprint density at radius 3 is 2.76 bits per heavy atom. The predicted octanol–water partition coefficient (Wildman–Crippen LogP) is 2.80. The van der Waals surface area contributed by atoms with Crippen molar-refractivity contribution in [1.29, 1.82) is 0 Å². The monoisotopic (exact) mass is 299 g/mol. The average molecular weight is 299 g/mol. The van der Waals surface area contributed by atoms with Crippen LogP contribution in [0.15, 0.2) is 30.5 Å². The van der Waals surface area contributed by atoms with Gasteiger partial charge in [0.25, 0.3) is 5.91 Å². The molecular formula is C14H13N5OS. The first kappa shape index (κ1) is 13.4. The zero-order valence-electron chi connectivity index (χ0n) is 11.5. The van der Waals surface area contributed by atoms with E-state index in [1.54, 1.807) is 13.1 Å². The number of carbonyl (C=O) groups excluding carboxylic acids is 1. The summed E-state index contributed by atoms with van der Waals surface area (Å²) in [5.74, 6) is 0.515. The molecule has 0 aliphatic carbocycles. The molecule has 0 aliphatic rings. The van der Waals surface area contributed by atoms with E-state index in [1.807, 2.05) is 31.2 Å². The number of rotatable bonds is 3. The van der Waals surface area contributed by atoms with Gasteiger partial charge in [-0.3, -0.25) is 4.79 Å². The molecule has 106 valence electrons. The number of H-pyrrole nitrogens is 1. The predicted molar refractivity (Wildman–Crippen MR) is 81.4 cm³/mol. The molecule has 2 heterocycles. The Morgan fingerprint density at radius 2 is 2.10 bits per heavy atom. The Labute approximate surface area is 125 Å². The number of benzene rings is 1. The van der Waals surface area contributed by atoms with Crippen LogP contribution in [0.4, 0.5) is 5.69 Å². The van der Waals surface area contributed by atoms with Crippen molar-refractivity contribution in [3.63, 3.8) is 0 Å². The number of hydrogen-bond acceptors (Lipinski definition) is 5. The Kier molecular flexibility index (Phi) is 3.49. The summed E-state index contributed by atoms with van der Waals surface area (Å²) >= 11 is 1.09. The van der Waals surface area contributed by atoms with E-state index in [0.717, 1.165) is 28.6 Å². The Morgan fingerprint density at radius 1 is 1.29 bits per heavy atom. The molecule has 0 aliphatic heterocycles. The van der Waals surface area contributed by atoms with Crippen LogP contribution in [0.1, 0.15) is 21.1 Å². The van der Waals surface area contributed by atoms with Crippen molar-refractivity contribution in [2.24, 2.45) is 0 Å². The van der Waals surface area contributed by atoms with Gasteiger partial charge in [-0.25, -0.2) is 4.98 Å². The van der Waals surface area contributed by atoms with Crippen molar-refractivity contribution in [1.82, 2.24) is 19.6 Å². The van der Waals surface area contributed by atoms with Crippen LogP contribution < -0.4 is 5.32 Å². The summed E-state index contributed by atoms with van der Waals surface area (Å²) in [6, 6.07) is 7.52. The summed E-state index contributed by atoms with van der Waals surface area (Å²) < 4.78 is 3.78. The minimum Gasteiger partial charge on any atom is -0.342 e. The fourth-order valence-corrected chi connectivity index (χ4v) is 2.52. The number of nitrogens with one attached hydrogen (secondary N) is 2. The molecule has 0 spiro atoms. The number of nitrogens with zero attached hydrogens (tertiary/aromatic N) is 3. The van der Waals surface area contributed by atoms with Crippen molar-refractivity contribution in [3.8, 4) is 11.4 Å². The van der Waals surface area contributed by atoms with Crippen molar-refractivity contribution >= 4 is 23.1 Å². The van der Waals surface area contributed by atoms with E-state index in [1.165, 1.54) is 0 Å². The second-order valence-corrected chi connectivity index (χ2v) is 5.36. The molecule has 3 aromatic rings. The molecular weight excluding hydrogens is 286 g/mol. The summed E-state index contributed by atoms with van der Waals surface area (Å²) in [7, 11) is 0. The zero-order chi connectivity index (χ0) is 14.8. The van der Waals surface area contributed by atoms with E-state index in [0.29, 0.717) is 16.3 Å². The van der Waals surface area contributed by atoms with E-state index >= 15 is 0 Å². The van der Waals surface area contributed by atoms with Crippen LogP contribution in [0.25, 0.3) is 11.4 Å². The quantitative estimate of drug-likeness (QED) is 0.779. The lowest BCUT2D eigenvalue weighted by atomic mass is 10.1. The van der Waals surface area contributed by atoms with Gasteiger partial charge in [-0.15, -0.1) is 5.10 Å². The van der Waals surface area contributed by atoms with Gasteiger partial charge in [0, 0.05) is 17.5 Å². The Balaban J connectivity index is 1.93. The van der Waals surface area contributed by atoms with Crippen molar-refractivity contribution in [3.05, 3.63) is 46.7 Å². The average Bonchev–Trinajstić information content (AvgIpc) is 3.08. The maximum absolute atomic E-state index is 12.3. The summed E-state index contributed by atoms with van der Waals surface area (Å²) in [6.07, 6.45) is 1.76. The minimum atomic E-state index is -0.210. The van der Waals surface area contributed by atoms with Crippen LogP contribution in [0.3, 0.4) is 0 Å². The number of aromatic nitrogens is 4. The fourth-order valence-electron chi connectivity index (χ4n) is 1.97. The van der Waals surface area contributed by atoms with Gasteiger partial charge in [0.15, 0.2) is 0 Å². The number of para-hydroxylation sites is 1. The lowest BCUT2D eigenvalue weighted by Crippen LogP contribution is -2.12. The third-order valence-electron chi connectivity index (χ3n) is 2.99. The molecule has 1 aromatic carbocycles. The minimum absolute atomic E-state index is 0.210. The number of hydrogen-bond donors (Lipinski definition) is 2. The maximum atomic E-state index is 12.3. The van der Waals surface area contributed by atoms with Gasteiger partial charge in [-0.2, -0.15) is 0 Å². The molecule has 2 N–H and O–H groups in total. The first-order chi connectivity index (χ1) is 10.1. The van der Waals surface area contributed by atoms with Crippen LogP contribution in [-0.4, -0.2) is 25.5 Å². The molecule has 2 aromatic heterocycles. The first-order valence-electron chi connectivity index (χ1n) is 6.36. The van der Waals surface area contributed by atoms with Gasteiger partial charge in [0.2, 0.25) is 0 Å². The SMILES string of the molecule is Cc1cnc(-c2ccccc2NC(=O)c2snnc2C)[nH]1. The van der Waals surface area contributed by atoms with Crippen molar-refractivity contribution in [2.45, 2.75) is 13.8 Å².